The van der Waals surface area contributed by atoms with E-state index in [1.807, 2.05) is 6.07 Å². The molecule has 0 unspecified atom stereocenters. The maximum atomic E-state index is 13.2. The van der Waals surface area contributed by atoms with Gasteiger partial charge in [-0.05, 0) is 43.7 Å². The molecule has 8 heteroatoms. The second kappa shape index (κ2) is 9.15. The molecule has 0 bridgehead atoms. The van der Waals surface area contributed by atoms with Crippen molar-refractivity contribution in [2.24, 2.45) is 0 Å². The van der Waals surface area contributed by atoms with Crippen molar-refractivity contribution in [3.63, 3.8) is 0 Å². The number of benzene rings is 1. The highest BCUT2D eigenvalue weighted by Gasteiger charge is 2.31. The number of piperazine rings is 1. The zero-order valence-corrected chi connectivity index (χ0v) is 18.7. The Bertz CT molecular complexity index is 805. The van der Waals surface area contributed by atoms with E-state index in [1.165, 1.54) is 6.92 Å². The molecule has 6 nitrogen and oxygen atoms in total. The number of fused-ring (bicyclic) bond motifs is 1. The minimum atomic E-state index is -3.56. The van der Waals surface area contributed by atoms with Crippen LogP contribution in [0.5, 0.6) is 0 Å². The first kappa shape index (κ1) is 21.6. The van der Waals surface area contributed by atoms with Crippen molar-refractivity contribution >= 4 is 33.4 Å². The van der Waals surface area contributed by atoms with E-state index in [2.05, 4.69) is 18.7 Å². The molecule has 0 saturated carbocycles. The Hall–Kier alpha value is -1.09. The van der Waals surface area contributed by atoms with Gasteiger partial charge in [-0.2, -0.15) is 4.31 Å². The van der Waals surface area contributed by atoms with Crippen LogP contribution < -0.4 is 4.90 Å². The van der Waals surface area contributed by atoms with Gasteiger partial charge < -0.3 is 4.90 Å². The van der Waals surface area contributed by atoms with Crippen LogP contribution in [0.15, 0.2) is 28.0 Å². The molecule has 0 aliphatic carbocycles. The maximum absolute atomic E-state index is 13.2. The summed E-state index contributed by atoms with van der Waals surface area (Å²) in [6, 6.07) is 5.73. The van der Waals surface area contributed by atoms with Gasteiger partial charge in [0.1, 0.15) is 0 Å². The third-order valence-corrected chi connectivity index (χ3v) is 8.67. The second-order valence-electron chi connectivity index (χ2n) is 7.58. The number of hydrogen-bond donors (Lipinski definition) is 0. The fourth-order valence-corrected chi connectivity index (χ4v) is 6.39. The molecule has 156 valence electrons. The first-order valence-corrected chi connectivity index (χ1v) is 12.6. The second-order valence-corrected chi connectivity index (χ2v) is 10.7. The quantitative estimate of drug-likeness (QED) is 0.726. The smallest absolute Gasteiger partial charge is 0.243 e. The van der Waals surface area contributed by atoms with Crippen LogP contribution in [0, 0.1) is 0 Å². The van der Waals surface area contributed by atoms with Gasteiger partial charge in [0, 0.05) is 50.6 Å². The number of hydrogen-bond acceptors (Lipinski definition) is 5. The van der Waals surface area contributed by atoms with E-state index in [0.717, 1.165) is 48.7 Å². The molecule has 1 saturated heterocycles. The molecular weight excluding hydrogens is 394 g/mol. The van der Waals surface area contributed by atoms with Crippen molar-refractivity contribution < 1.29 is 13.2 Å². The van der Waals surface area contributed by atoms with E-state index in [1.54, 1.807) is 33.1 Å². The molecule has 0 aromatic heterocycles. The van der Waals surface area contributed by atoms with Gasteiger partial charge in [-0.1, -0.05) is 13.3 Å². The zero-order chi connectivity index (χ0) is 20.3. The minimum absolute atomic E-state index is 0.0446. The number of rotatable bonds is 5. The molecule has 1 atom stereocenters. The van der Waals surface area contributed by atoms with E-state index in [-0.39, 0.29) is 10.8 Å². The molecule has 0 spiro atoms. The SMILES string of the molecule is CCC[C@H](C)N1CCN(S(=O)(=O)c2ccc3c(c2)N(C(C)=O)CCCS3)CC1. The summed E-state index contributed by atoms with van der Waals surface area (Å²) in [5.74, 6) is 0.887. The summed E-state index contributed by atoms with van der Waals surface area (Å²) in [5, 5.41) is 0. The van der Waals surface area contributed by atoms with Crippen LogP contribution >= 0.6 is 11.8 Å². The summed E-state index contributed by atoms with van der Waals surface area (Å²) in [6.07, 6.45) is 3.18. The Morgan fingerprint density at radius 3 is 2.54 bits per heavy atom. The number of carbonyl (C=O) groups is 1. The molecule has 0 radical (unpaired) electrons. The van der Waals surface area contributed by atoms with Gasteiger partial charge in [-0.3, -0.25) is 9.69 Å². The van der Waals surface area contributed by atoms with E-state index < -0.39 is 10.0 Å². The maximum Gasteiger partial charge on any atom is 0.243 e. The van der Waals surface area contributed by atoms with Gasteiger partial charge in [-0.25, -0.2) is 8.42 Å². The predicted octanol–water partition coefficient (Wildman–Crippen LogP) is 3.03. The highest BCUT2D eigenvalue weighted by atomic mass is 32.2. The Labute approximate surface area is 173 Å². The van der Waals surface area contributed by atoms with Crippen LogP contribution in [-0.2, 0) is 14.8 Å². The number of nitrogens with zero attached hydrogens (tertiary/aromatic N) is 3. The molecule has 2 heterocycles. The lowest BCUT2D eigenvalue weighted by atomic mass is 10.1. The van der Waals surface area contributed by atoms with Crippen LogP contribution in [0.25, 0.3) is 0 Å². The zero-order valence-electron chi connectivity index (χ0n) is 17.1. The van der Waals surface area contributed by atoms with E-state index in [4.69, 9.17) is 0 Å². The lowest BCUT2D eigenvalue weighted by molar-refractivity contribution is -0.116. The standard InChI is InChI=1S/C20H31N3O3S2/c1-4-6-16(2)21-10-12-22(13-11-21)28(25,26)18-7-8-20-19(15-18)23(17(3)24)9-5-14-27-20/h7-8,15-16H,4-6,9-14H2,1-3H3/t16-/m0/s1. The molecule has 1 amide bonds. The highest BCUT2D eigenvalue weighted by molar-refractivity contribution is 7.99. The van der Waals surface area contributed by atoms with Gasteiger partial charge in [0.25, 0.3) is 0 Å². The Balaban J connectivity index is 1.80. The van der Waals surface area contributed by atoms with Crippen molar-refractivity contribution in [1.29, 1.82) is 0 Å². The lowest BCUT2D eigenvalue weighted by Gasteiger charge is -2.37. The lowest BCUT2D eigenvalue weighted by Crippen LogP contribution is -2.51. The molecule has 2 aliphatic rings. The van der Waals surface area contributed by atoms with Crippen LogP contribution in [-0.4, -0.2) is 68.0 Å². The molecule has 0 N–H and O–H groups in total. The molecule has 3 rings (SSSR count). The fraction of sp³-hybridized carbons (Fsp3) is 0.650. The average Bonchev–Trinajstić information content (AvgIpc) is 2.90. The van der Waals surface area contributed by atoms with Crippen LogP contribution in [0.3, 0.4) is 0 Å². The van der Waals surface area contributed by atoms with Crippen molar-refractivity contribution in [2.75, 3.05) is 43.4 Å². The monoisotopic (exact) mass is 425 g/mol. The first-order chi connectivity index (χ1) is 13.3. The largest absolute Gasteiger partial charge is 0.311 e. The summed E-state index contributed by atoms with van der Waals surface area (Å²) in [6.45, 7) is 9.12. The van der Waals surface area contributed by atoms with Gasteiger partial charge in [0.2, 0.25) is 15.9 Å². The van der Waals surface area contributed by atoms with Crippen molar-refractivity contribution in [2.45, 2.75) is 55.9 Å². The number of carbonyl (C=O) groups excluding carboxylic acids is 1. The Kier molecular flexibility index (Phi) is 7.07. The summed E-state index contributed by atoms with van der Waals surface area (Å²) >= 11 is 1.68. The Morgan fingerprint density at radius 1 is 1.18 bits per heavy atom. The molecule has 1 fully saturated rings. The van der Waals surface area contributed by atoms with Crippen LogP contribution in [0.1, 0.15) is 40.0 Å². The number of amides is 1. The fourth-order valence-electron chi connectivity index (χ4n) is 3.98. The van der Waals surface area contributed by atoms with Gasteiger partial charge >= 0.3 is 0 Å². The van der Waals surface area contributed by atoms with Gasteiger partial charge in [0.15, 0.2) is 0 Å². The van der Waals surface area contributed by atoms with Crippen molar-refractivity contribution in [3.05, 3.63) is 18.2 Å². The molecule has 1 aromatic rings. The molecule has 28 heavy (non-hydrogen) atoms. The summed E-state index contributed by atoms with van der Waals surface area (Å²) in [4.78, 5) is 17.4. The van der Waals surface area contributed by atoms with Gasteiger partial charge in [-0.15, -0.1) is 11.8 Å². The van der Waals surface area contributed by atoms with Crippen molar-refractivity contribution in [1.82, 2.24) is 9.21 Å². The summed E-state index contributed by atoms with van der Waals surface area (Å²) in [7, 11) is -3.56. The summed E-state index contributed by atoms with van der Waals surface area (Å²) in [5.41, 5.74) is 0.728. The van der Waals surface area contributed by atoms with Gasteiger partial charge in [0.05, 0.1) is 10.6 Å². The van der Waals surface area contributed by atoms with E-state index in [9.17, 15) is 13.2 Å². The van der Waals surface area contributed by atoms with E-state index >= 15 is 0 Å². The van der Waals surface area contributed by atoms with Crippen LogP contribution in [0.2, 0.25) is 0 Å². The third kappa shape index (κ3) is 4.56. The molecular formula is C20H31N3O3S2. The number of anilines is 1. The normalized spacial score (nSPS) is 20.5. The van der Waals surface area contributed by atoms with Crippen molar-refractivity contribution in [3.8, 4) is 0 Å². The molecule has 2 aliphatic heterocycles. The Morgan fingerprint density at radius 2 is 1.89 bits per heavy atom. The summed E-state index contributed by atoms with van der Waals surface area (Å²) < 4.78 is 28.1. The average molecular weight is 426 g/mol. The molecule has 1 aromatic carbocycles. The number of sulfonamides is 1. The van der Waals surface area contributed by atoms with Crippen LogP contribution in [0.4, 0.5) is 5.69 Å². The third-order valence-electron chi connectivity index (χ3n) is 5.63. The first-order valence-electron chi connectivity index (χ1n) is 10.1. The predicted molar refractivity (Wildman–Crippen MR) is 115 cm³/mol. The minimum Gasteiger partial charge on any atom is -0.311 e. The number of thioether (sulfide) groups is 1. The topological polar surface area (TPSA) is 60.9 Å². The highest BCUT2D eigenvalue weighted by Crippen LogP contribution is 2.36. The van der Waals surface area contributed by atoms with E-state index in [0.29, 0.717) is 25.7 Å².